The number of anilines is 1. The van der Waals surface area contributed by atoms with Gasteiger partial charge in [-0.15, -0.1) is 0 Å². The van der Waals surface area contributed by atoms with E-state index in [1.54, 1.807) is 0 Å². The van der Waals surface area contributed by atoms with Crippen molar-refractivity contribution in [3.05, 3.63) is 12.0 Å². The van der Waals surface area contributed by atoms with Gasteiger partial charge < -0.3 is 14.8 Å². The molecule has 0 atom stereocenters. The topological polar surface area (TPSA) is 75.4 Å². The van der Waals surface area contributed by atoms with E-state index in [1.807, 2.05) is 0 Å². The third-order valence-electron chi connectivity index (χ3n) is 1.72. The van der Waals surface area contributed by atoms with Crippen molar-refractivity contribution >= 4 is 12.0 Å². The first-order valence-electron chi connectivity index (χ1n) is 4.52. The van der Waals surface area contributed by atoms with Gasteiger partial charge in [0.25, 0.3) is 6.01 Å². The maximum Gasteiger partial charge on any atom is 0.357 e. The average molecular weight is 198 g/mol. The molecule has 1 aromatic heterocycles. The van der Waals surface area contributed by atoms with E-state index in [0.29, 0.717) is 5.92 Å². The lowest BCUT2D eigenvalue weighted by molar-refractivity contribution is 0.0690. The minimum atomic E-state index is -1.08. The molecule has 5 nitrogen and oxygen atoms in total. The Hall–Kier alpha value is -1.52. The number of aromatic nitrogens is 1. The van der Waals surface area contributed by atoms with Crippen LogP contribution in [0, 0.1) is 5.92 Å². The van der Waals surface area contributed by atoms with Gasteiger partial charge in [0.2, 0.25) is 0 Å². The first-order chi connectivity index (χ1) is 6.59. The van der Waals surface area contributed by atoms with Crippen LogP contribution in [0.4, 0.5) is 6.01 Å². The quantitative estimate of drug-likeness (QED) is 0.754. The van der Waals surface area contributed by atoms with Crippen molar-refractivity contribution in [2.75, 3.05) is 11.9 Å². The zero-order chi connectivity index (χ0) is 10.6. The molecule has 0 aromatic carbocycles. The number of nitrogens with zero attached hydrogens (tertiary/aromatic N) is 1. The molecule has 0 saturated heterocycles. The second-order valence-corrected chi connectivity index (χ2v) is 3.45. The highest BCUT2D eigenvalue weighted by Gasteiger charge is 2.09. The number of hydrogen-bond acceptors (Lipinski definition) is 4. The van der Waals surface area contributed by atoms with Crippen LogP contribution in [0.2, 0.25) is 0 Å². The Bertz CT molecular complexity index is 307. The molecule has 0 aliphatic carbocycles. The van der Waals surface area contributed by atoms with Crippen molar-refractivity contribution in [3.63, 3.8) is 0 Å². The van der Waals surface area contributed by atoms with Crippen molar-refractivity contribution in [1.82, 2.24) is 4.98 Å². The van der Waals surface area contributed by atoms with Gasteiger partial charge in [-0.05, 0) is 12.3 Å². The molecule has 0 unspecified atom stereocenters. The smallest absolute Gasteiger partial charge is 0.357 e. The summed E-state index contributed by atoms with van der Waals surface area (Å²) in [5, 5.41) is 11.5. The van der Waals surface area contributed by atoms with Crippen molar-refractivity contribution < 1.29 is 14.3 Å². The Morgan fingerprint density at radius 1 is 1.71 bits per heavy atom. The van der Waals surface area contributed by atoms with Gasteiger partial charge in [0.15, 0.2) is 5.69 Å². The molecule has 1 rings (SSSR count). The summed E-state index contributed by atoms with van der Waals surface area (Å²) in [5.41, 5.74) is -0.0722. The Labute approximate surface area is 82.1 Å². The highest BCUT2D eigenvalue weighted by atomic mass is 16.4. The standard InChI is InChI=1S/C9H14N2O3/c1-6(2)3-4-10-9-11-7(5-14-9)8(12)13/h5-6H,3-4H2,1-2H3,(H,10,11)(H,12,13). The number of carboxylic acids is 1. The molecule has 0 bridgehead atoms. The highest BCUT2D eigenvalue weighted by Crippen LogP contribution is 2.08. The molecule has 78 valence electrons. The SMILES string of the molecule is CC(C)CCNc1nc(C(=O)O)co1. The maximum absolute atomic E-state index is 10.4. The highest BCUT2D eigenvalue weighted by molar-refractivity contribution is 5.85. The fourth-order valence-electron chi connectivity index (χ4n) is 0.921. The largest absolute Gasteiger partial charge is 0.476 e. The summed E-state index contributed by atoms with van der Waals surface area (Å²) in [5.74, 6) is -0.484. The lowest BCUT2D eigenvalue weighted by atomic mass is 10.1. The predicted octanol–water partition coefficient (Wildman–Crippen LogP) is 1.83. The van der Waals surface area contributed by atoms with Gasteiger partial charge in [0.1, 0.15) is 6.26 Å². The van der Waals surface area contributed by atoms with E-state index in [-0.39, 0.29) is 11.7 Å². The van der Waals surface area contributed by atoms with Crippen molar-refractivity contribution in [2.45, 2.75) is 20.3 Å². The molecule has 2 N–H and O–H groups in total. The number of aromatic carboxylic acids is 1. The van der Waals surface area contributed by atoms with Gasteiger partial charge in [-0.25, -0.2) is 4.79 Å². The molecule has 0 fully saturated rings. The van der Waals surface area contributed by atoms with E-state index in [1.165, 1.54) is 0 Å². The van der Waals surface area contributed by atoms with Gasteiger partial charge >= 0.3 is 5.97 Å². The van der Waals surface area contributed by atoms with Crippen LogP contribution in [0.15, 0.2) is 10.7 Å². The van der Waals surface area contributed by atoms with Gasteiger partial charge in [-0.1, -0.05) is 13.8 Å². The monoisotopic (exact) mass is 198 g/mol. The second-order valence-electron chi connectivity index (χ2n) is 3.45. The molecule has 14 heavy (non-hydrogen) atoms. The van der Waals surface area contributed by atoms with E-state index in [0.717, 1.165) is 19.2 Å². The Morgan fingerprint density at radius 3 is 2.93 bits per heavy atom. The zero-order valence-electron chi connectivity index (χ0n) is 8.28. The molecule has 1 heterocycles. The van der Waals surface area contributed by atoms with Crippen LogP contribution in [-0.4, -0.2) is 22.6 Å². The van der Waals surface area contributed by atoms with Crippen LogP contribution in [-0.2, 0) is 0 Å². The Balaban J connectivity index is 2.40. The molecule has 0 spiro atoms. The third kappa shape index (κ3) is 3.08. The molecule has 0 aliphatic rings. The van der Waals surface area contributed by atoms with Gasteiger partial charge in [0.05, 0.1) is 0 Å². The zero-order valence-corrected chi connectivity index (χ0v) is 8.28. The molecular formula is C9H14N2O3. The van der Waals surface area contributed by atoms with Crippen LogP contribution in [0.25, 0.3) is 0 Å². The number of nitrogens with one attached hydrogen (secondary N) is 1. The van der Waals surface area contributed by atoms with Crippen LogP contribution >= 0.6 is 0 Å². The van der Waals surface area contributed by atoms with E-state index in [9.17, 15) is 4.79 Å². The van der Waals surface area contributed by atoms with E-state index >= 15 is 0 Å². The van der Waals surface area contributed by atoms with E-state index in [4.69, 9.17) is 9.52 Å². The number of carbonyl (C=O) groups is 1. The normalized spacial score (nSPS) is 10.5. The first kappa shape index (κ1) is 10.6. The van der Waals surface area contributed by atoms with Crippen LogP contribution < -0.4 is 5.32 Å². The van der Waals surface area contributed by atoms with Crippen molar-refractivity contribution in [3.8, 4) is 0 Å². The van der Waals surface area contributed by atoms with Crippen molar-refractivity contribution in [2.24, 2.45) is 5.92 Å². The van der Waals surface area contributed by atoms with Crippen molar-refractivity contribution in [1.29, 1.82) is 0 Å². The lowest BCUT2D eigenvalue weighted by Gasteiger charge is -2.03. The number of oxazole rings is 1. The number of carboxylic acid groups (broad SMARTS) is 1. The first-order valence-corrected chi connectivity index (χ1v) is 4.52. The molecule has 0 saturated carbocycles. The molecule has 0 radical (unpaired) electrons. The summed E-state index contributed by atoms with van der Waals surface area (Å²) in [4.78, 5) is 14.2. The third-order valence-corrected chi connectivity index (χ3v) is 1.72. The number of rotatable bonds is 5. The van der Waals surface area contributed by atoms with Crippen LogP contribution in [0.5, 0.6) is 0 Å². The van der Waals surface area contributed by atoms with E-state index < -0.39 is 5.97 Å². The van der Waals surface area contributed by atoms with Crippen LogP contribution in [0.3, 0.4) is 0 Å². The van der Waals surface area contributed by atoms with Gasteiger partial charge in [-0.2, -0.15) is 4.98 Å². The Kier molecular flexibility index (Phi) is 3.50. The second kappa shape index (κ2) is 4.64. The van der Waals surface area contributed by atoms with E-state index in [2.05, 4.69) is 24.1 Å². The summed E-state index contributed by atoms with van der Waals surface area (Å²) in [6, 6.07) is 0.267. The lowest BCUT2D eigenvalue weighted by Crippen LogP contribution is -2.05. The summed E-state index contributed by atoms with van der Waals surface area (Å²) < 4.78 is 4.90. The summed E-state index contributed by atoms with van der Waals surface area (Å²) in [6.45, 7) is 4.96. The summed E-state index contributed by atoms with van der Waals surface area (Å²) >= 11 is 0. The van der Waals surface area contributed by atoms with Gasteiger partial charge in [-0.3, -0.25) is 0 Å². The fraction of sp³-hybridized carbons (Fsp3) is 0.556. The minimum Gasteiger partial charge on any atom is -0.476 e. The average Bonchev–Trinajstić information content (AvgIpc) is 2.52. The Morgan fingerprint density at radius 2 is 2.43 bits per heavy atom. The predicted molar refractivity (Wildman–Crippen MR) is 51.4 cm³/mol. The number of hydrogen-bond donors (Lipinski definition) is 2. The molecule has 5 heteroatoms. The molecule has 0 aliphatic heterocycles. The van der Waals surface area contributed by atoms with Gasteiger partial charge in [0, 0.05) is 6.54 Å². The molecule has 1 aromatic rings. The summed E-state index contributed by atoms with van der Waals surface area (Å²) in [6.07, 6.45) is 2.12. The summed E-state index contributed by atoms with van der Waals surface area (Å²) in [7, 11) is 0. The fourth-order valence-corrected chi connectivity index (χ4v) is 0.921. The molecule has 0 amide bonds. The van der Waals surface area contributed by atoms with Crippen LogP contribution in [0.1, 0.15) is 30.8 Å². The minimum absolute atomic E-state index is 0.0722. The molecular weight excluding hydrogens is 184 g/mol. The maximum atomic E-state index is 10.4.